The first-order valence-electron chi connectivity index (χ1n) is 4.86. The minimum absolute atomic E-state index is 0.251. The Balaban J connectivity index is 2.28. The highest BCUT2D eigenvalue weighted by molar-refractivity contribution is 8.78. The molecule has 0 saturated carbocycles. The third-order valence-electron chi connectivity index (χ3n) is 2.46. The Hall–Kier alpha value is -1.24. The van der Waals surface area contributed by atoms with Gasteiger partial charge in [0.1, 0.15) is 0 Å². The molecule has 1 aromatic carbocycles. The lowest BCUT2D eigenvalue weighted by Crippen LogP contribution is -2.23. The lowest BCUT2D eigenvalue weighted by atomic mass is 9.97. The van der Waals surface area contributed by atoms with Gasteiger partial charge in [0.25, 0.3) is 0 Å². The molecule has 0 N–H and O–H groups in total. The van der Waals surface area contributed by atoms with Crippen LogP contribution in [0.4, 0.5) is 0 Å². The number of fused-ring (bicyclic) bond motifs is 1. The molecule has 4 nitrogen and oxygen atoms in total. The molecular weight excluding hydrogens is 294 g/mol. The molecule has 0 atom stereocenters. The monoisotopic (exact) mass is 297 g/mol. The maximum atomic E-state index is 11.9. The van der Waals surface area contributed by atoms with Gasteiger partial charge < -0.3 is 4.74 Å². The maximum absolute atomic E-state index is 11.9. The van der Waals surface area contributed by atoms with E-state index in [-0.39, 0.29) is 5.17 Å². The first-order chi connectivity index (χ1) is 8.68. The van der Waals surface area contributed by atoms with Gasteiger partial charge in [-0.05, 0) is 16.9 Å². The summed E-state index contributed by atoms with van der Waals surface area (Å²) in [5.41, 5.74) is 1.20. The maximum Gasteiger partial charge on any atom is 0.347 e. The second kappa shape index (κ2) is 4.46. The van der Waals surface area contributed by atoms with Crippen LogP contribution in [0.3, 0.4) is 0 Å². The summed E-state index contributed by atoms with van der Waals surface area (Å²) in [5, 5.41) is 0.251. The summed E-state index contributed by atoms with van der Waals surface area (Å²) in [6.45, 7) is 0. The zero-order valence-corrected chi connectivity index (χ0v) is 11.1. The van der Waals surface area contributed by atoms with Crippen LogP contribution in [0.1, 0.15) is 15.9 Å². The van der Waals surface area contributed by atoms with Crippen LogP contribution in [0.2, 0.25) is 0 Å². The van der Waals surface area contributed by atoms with Crippen LogP contribution in [0.15, 0.2) is 33.6 Å². The largest absolute Gasteiger partial charge is 0.386 e. The molecule has 3 rings (SSSR count). The molecule has 0 saturated heterocycles. The van der Waals surface area contributed by atoms with Crippen molar-refractivity contribution in [1.82, 2.24) is 0 Å². The molecule has 0 bridgehead atoms. The fourth-order valence-electron chi connectivity index (χ4n) is 1.70. The third-order valence-corrected chi connectivity index (χ3v) is 4.79. The van der Waals surface area contributed by atoms with Gasteiger partial charge in [0.05, 0.1) is 27.0 Å². The van der Waals surface area contributed by atoms with Gasteiger partial charge in [-0.15, -0.1) is 0 Å². The van der Waals surface area contributed by atoms with Gasteiger partial charge in [0.15, 0.2) is 5.17 Å². The summed E-state index contributed by atoms with van der Waals surface area (Å²) in [4.78, 5) is 24.0. The van der Waals surface area contributed by atoms with Crippen LogP contribution in [0.5, 0.6) is 0 Å². The number of hydrogen-bond acceptors (Lipinski definition) is 6. The van der Waals surface area contributed by atoms with Gasteiger partial charge in [0, 0.05) is 5.56 Å². The van der Waals surface area contributed by atoms with Crippen LogP contribution in [-0.2, 0) is 9.53 Å². The van der Waals surface area contributed by atoms with Crippen LogP contribution < -0.4 is 0 Å². The molecule has 18 heavy (non-hydrogen) atoms. The molecule has 90 valence electrons. The average Bonchev–Trinajstić information content (AvgIpc) is 2.76. The van der Waals surface area contributed by atoms with Crippen molar-refractivity contribution in [2.24, 2.45) is 4.40 Å². The zero-order valence-electron chi connectivity index (χ0n) is 8.68. The Morgan fingerprint density at radius 2 is 1.83 bits per heavy atom. The zero-order chi connectivity index (χ0) is 12.7. The Kier molecular flexibility index (Phi) is 2.93. The summed E-state index contributed by atoms with van der Waals surface area (Å²) in [6.07, 6.45) is 0. The fraction of sp³-hybridized carbons (Fsp3) is 0. The smallest absolute Gasteiger partial charge is 0.347 e. The van der Waals surface area contributed by atoms with Gasteiger partial charge in [-0.2, -0.15) is 4.40 Å². The van der Waals surface area contributed by atoms with Gasteiger partial charge in [-0.25, -0.2) is 9.59 Å². The molecule has 2 aliphatic rings. The molecule has 7 heteroatoms. The average molecular weight is 298 g/mol. The molecule has 0 radical (unpaired) electrons. The van der Waals surface area contributed by atoms with E-state index in [1.807, 2.05) is 0 Å². The van der Waals surface area contributed by atoms with E-state index in [0.717, 1.165) is 0 Å². The van der Waals surface area contributed by atoms with E-state index < -0.39 is 11.9 Å². The lowest BCUT2D eigenvalue weighted by molar-refractivity contribution is -0.131. The summed E-state index contributed by atoms with van der Waals surface area (Å²) in [6, 6.07) is 6.78. The van der Waals surface area contributed by atoms with Crippen LogP contribution >= 0.6 is 33.4 Å². The summed E-state index contributed by atoms with van der Waals surface area (Å²) in [5.74, 6) is -1.32. The van der Waals surface area contributed by atoms with Crippen molar-refractivity contribution in [2.75, 3.05) is 0 Å². The predicted octanol–water partition coefficient (Wildman–Crippen LogP) is 3.04. The Morgan fingerprint density at radius 1 is 1.11 bits per heavy atom. The van der Waals surface area contributed by atoms with E-state index >= 15 is 0 Å². The molecule has 2 heterocycles. The summed E-state index contributed by atoms with van der Waals surface area (Å²) >= 11 is 5.94. The van der Waals surface area contributed by atoms with Gasteiger partial charge >= 0.3 is 11.9 Å². The van der Waals surface area contributed by atoms with Crippen molar-refractivity contribution in [3.8, 4) is 0 Å². The first-order valence-corrected chi connectivity index (χ1v) is 7.34. The normalized spacial score (nSPS) is 22.6. The molecule has 2 aliphatic heterocycles. The second-order valence-corrected chi connectivity index (χ2v) is 5.68. The highest BCUT2D eigenvalue weighted by Gasteiger charge is 2.34. The van der Waals surface area contributed by atoms with Crippen molar-refractivity contribution in [1.29, 1.82) is 0 Å². The van der Waals surface area contributed by atoms with Crippen LogP contribution in [0, 0.1) is 0 Å². The number of rotatable bonds is 0. The molecule has 0 unspecified atom stereocenters. The molecular formula is C11H4ClNO3S2. The van der Waals surface area contributed by atoms with E-state index in [1.165, 1.54) is 21.8 Å². The van der Waals surface area contributed by atoms with Crippen molar-refractivity contribution in [2.45, 2.75) is 0 Å². The molecule has 0 aliphatic carbocycles. The van der Waals surface area contributed by atoms with E-state index in [9.17, 15) is 9.59 Å². The molecule has 1 aromatic rings. The number of halogens is 1. The van der Waals surface area contributed by atoms with Crippen LogP contribution in [-0.4, -0.2) is 17.1 Å². The number of benzene rings is 1. The minimum atomic E-state index is -0.683. The Labute approximate surface area is 115 Å². The number of carbonyl (C=O) groups excluding carboxylic acids is 2. The lowest BCUT2D eigenvalue weighted by Gasteiger charge is -2.17. The van der Waals surface area contributed by atoms with Crippen molar-refractivity contribution in [3.63, 3.8) is 0 Å². The van der Waals surface area contributed by atoms with E-state index in [4.69, 9.17) is 16.3 Å². The number of allylic oxidation sites excluding steroid dienone is 1. The fourth-order valence-corrected chi connectivity index (χ4v) is 4.04. The Morgan fingerprint density at radius 3 is 2.50 bits per heavy atom. The molecule has 0 fully saturated rings. The van der Waals surface area contributed by atoms with Crippen molar-refractivity contribution < 1.29 is 14.3 Å². The predicted molar refractivity (Wildman–Crippen MR) is 72.3 cm³/mol. The minimum Gasteiger partial charge on any atom is -0.386 e. The number of ether oxygens (including phenoxy) is 1. The highest BCUT2D eigenvalue weighted by atomic mass is 35.5. The highest BCUT2D eigenvalue weighted by Crippen LogP contribution is 2.45. The van der Waals surface area contributed by atoms with Crippen LogP contribution in [0.25, 0.3) is 5.57 Å². The number of hydrogen-bond donors (Lipinski definition) is 0. The first kappa shape index (κ1) is 11.8. The second-order valence-electron chi connectivity index (χ2n) is 3.47. The van der Waals surface area contributed by atoms with Gasteiger partial charge in [0.2, 0.25) is 0 Å². The number of carbonyl (C=O) groups is 2. The van der Waals surface area contributed by atoms with E-state index in [1.54, 1.807) is 24.3 Å². The number of cyclic esters (lactones) is 2. The topological polar surface area (TPSA) is 55.7 Å². The standard InChI is InChI=1S/C11H4ClNO3S2/c12-9-8(17-18-13-9)7-5-3-1-2-4-6(5)10(14)16-11(7)15/h1-4H/b8-7+. The third kappa shape index (κ3) is 1.77. The molecule has 0 spiro atoms. The van der Waals surface area contributed by atoms with Crippen molar-refractivity contribution in [3.05, 3.63) is 40.3 Å². The number of esters is 2. The Bertz CT molecular complexity index is 639. The summed E-state index contributed by atoms with van der Waals surface area (Å²) < 4.78 is 8.64. The van der Waals surface area contributed by atoms with E-state index in [2.05, 4.69) is 4.40 Å². The van der Waals surface area contributed by atoms with Gasteiger partial charge in [-0.3, -0.25) is 0 Å². The number of nitrogens with zero attached hydrogens (tertiary/aromatic N) is 1. The molecule has 0 amide bonds. The summed E-state index contributed by atoms with van der Waals surface area (Å²) in [7, 11) is 2.46. The van der Waals surface area contributed by atoms with Gasteiger partial charge in [-0.1, -0.05) is 29.8 Å². The van der Waals surface area contributed by atoms with E-state index in [0.29, 0.717) is 21.6 Å². The van der Waals surface area contributed by atoms with Crippen molar-refractivity contribution >= 4 is 56.1 Å². The quantitative estimate of drug-likeness (QED) is 0.242. The molecule has 0 aromatic heterocycles. The SMILES string of the molecule is O=C1OC(=O)c2ccccc2/C1=C1\SSN=C1Cl.